The molecular formula is C26H16ClFN4O3. The third kappa shape index (κ3) is 4.14. The van der Waals surface area contributed by atoms with E-state index >= 15 is 0 Å². The first-order valence-corrected chi connectivity index (χ1v) is 10.9. The fourth-order valence-corrected chi connectivity index (χ4v) is 4.10. The van der Waals surface area contributed by atoms with Crippen molar-refractivity contribution in [3.8, 4) is 28.8 Å². The van der Waals surface area contributed by atoms with Crippen molar-refractivity contribution in [2.75, 3.05) is 5.32 Å². The highest BCUT2D eigenvalue weighted by Gasteiger charge is 2.36. The number of carbonyl (C=O) groups excluding carboxylic acids is 2. The Morgan fingerprint density at radius 2 is 1.89 bits per heavy atom. The molecule has 1 atom stereocenters. The lowest BCUT2D eigenvalue weighted by molar-refractivity contribution is -0.117. The molecule has 0 saturated carbocycles. The number of hydrogen-bond donors (Lipinski definition) is 1. The van der Waals surface area contributed by atoms with Crippen LogP contribution < -0.4 is 10.1 Å². The molecule has 0 radical (unpaired) electrons. The Balaban J connectivity index is 1.58. The van der Waals surface area contributed by atoms with Crippen LogP contribution in [0.2, 0.25) is 5.02 Å². The van der Waals surface area contributed by atoms with Gasteiger partial charge in [-0.05, 0) is 54.6 Å². The molecule has 1 aliphatic heterocycles. The molecule has 35 heavy (non-hydrogen) atoms. The molecule has 4 aromatic rings. The molecule has 0 aliphatic carbocycles. The van der Waals surface area contributed by atoms with Gasteiger partial charge in [-0.2, -0.15) is 10.4 Å². The van der Waals surface area contributed by atoms with Gasteiger partial charge in [-0.25, -0.2) is 9.07 Å². The van der Waals surface area contributed by atoms with Crippen molar-refractivity contribution in [2.24, 2.45) is 5.92 Å². The van der Waals surface area contributed by atoms with Crippen LogP contribution in [0.25, 0.3) is 16.9 Å². The Kier molecular flexibility index (Phi) is 5.77. The van der Waals surface area contributed by atoms with Crippen LogP contribution in [0.5, 0.6) is 5.75 Å². The summed E-state index contributed by atoms with van der Waals surface area (Å²) in [6, 6.07) is 21.1. The lowest BCUT2D eigenvalue weighted by atomic mass is 9.96. The number of ether oxygens (including phenoxy) is 1. The number of carbonyl (C=O) groups is 2. The van der Waals surface area contributed by atoms with Crippen LogP contribution in [0.15, 0.2) is 72.8 Å². The zero-order chi connectivity index (χ0) is 24.5. The predicted molar refractivity (Wildman–Crippen MR) is 127 cm³/mol. The molecule has 5 rings (SSSR count). The monoisotopic (exact) mass is 486 g/mol. The Morgan fingerprint density at radius 1 is 1.11 bits per heavy atom. The van der Waals surface area contributed by atoms with Crippen molar-refractivity contribution in [1.29, 1.82) is 5.26 Å². The molecule has 1 unspecified atom stereocenters. The fraction of sp³-hybridized carbons (Fsp3) is 0.0769. The number of aromatic nitrogens is 2. The molecule has 0 saturated heterocycles. The minimum atomic E-state index is -1.68. The predicted octanol–water partition coefficient (Wildman–Crippen LogP) is 5.19. The lowest BCUT2D eigenvalue weighted by Crippen LogP contribution is -2.29. The second-order valence-electron chi connectivity index (χ2n) is 7.77. The first-order valence-electron chi connectivity index (χ1n) is 10.6. The average Bonchev–Trinajstić information content (AvgIpc) is 3.26. The van der Waals surface area contributed by atoms with Gasteiger partial charge in [0.25, 0.3) is 0 Å². The van der Waals surface area contributed by atoms with Crippen LogP contribution in [-0.4, -0.2) is 21.5 Å². The third-order valence-electron chi connectivity index (χ3n) is 5.55. The van der Waals surface area contributed by atoms with Gasteiger partial charge in [0.1, 0.15) is 23.9 Å². The molecule has 0 spiro atoms. The Morgan fingerprint density at radius 3 is 2.63 bits per heavy atom. The van der Waals surface area contributed by atoms with E-state index in [2.05, 4.69) is 10.4 Å². The first kappa shape index (κ1) is 22.3. The Bertz CT molecular complexity index is 1510. The van der Waals surface area contributed by atoms with E-state index in [1.54, 1.807) is 35.0 Å². The van der Waals surface area contributed by atoms with Crippen molar-refractivity contribution in [2.45, 2.75) is 6.61 Å². The van der Waals surface area contributed by atoms with Gasteiger partial charge in [0.15, 0.2) is 5.92 Å². The van der Waals surface area contributed by atoms with Gasteiger partial charge >= 0.3 is 0 Å². The zero-order valence-electron chi connectivity index (χ0n) is 18.0. The van der Waals surface area contributed by atoms with Crippen LogP contribution in [0.1, 0.15) is 16.1 Å². The van der Waals surface area contributed by atoms with Crippen molar-refractivity contribution < 1.29 is 18.7 Å². The number of Topliss-reactive ketones (excluding diaryl/α,β-unsaturated/α-hetero) is 1. The highest BCUT2D eigenvalue weighted by atomic mass is 35.5. The maximum atomic E-state index is 13.5. The Labute approximate surface area is 204 Å². The van der Waals surface area contributed by atoms with Gasteiger partial charge in [0.2, 0.25) is 11.7 Å². The van der Waals surface area contributed by atoms with Crippen LogP contribution in [0.3, 0.4) is 0 Å². The number of nitrogens with zero attached hydrogens (tertiary/aromatic N) is 3. The van der Waals surface area contributed by atoms with Gasteiger partial charge in [0, 0.05) is 21.8 Å². The summed E-state index contributed by atoms with van der Waals surface area (Å²) < 4.78 is 20.6. The number of halogens is 2. The molecule has 172 valence electrons. The number of nitrogens with one attached hydrogen (secondary N) is 1. The quantitative estimate of drug-likeness (QED) is 0.309. The van der Waals surface area contributed by atoms with Crippen molar-refractivity contribution in [3.05, 3.63) is 94.9 Å². The van der Waals surface area contributed by atoms with Gasteiger partial charge < -0.3 is 10.1 Å². The number of para-hydroxylation sites is 1. The van der Waals surface area contributed by atoms with Gasteiger partial charge in [-0.15, -0.1) is 0 Å². The van der Waals surface area contributed by atoms with Crippen LogP contribution in [0, 0.1) is 23.1 Å². The number of benzene rings is 3. The van der Waals surface area contributed by atoms with Crippen LogP contribution in [0.4, 0.5) is 10.1 Å². The summed E-state index contributed by atoms with van der Waals surface area (Å²) in [5.74, 6) is -3.15. The number of fused-ring (bicyclic) bond motifs is 3. The van der Waals surface area contributed by atoms with Crippen molar-refractivity contribution in [3.63, 3.8) is 0 Å². The zero-order valence-corrected chi connectivity index (χ0v) is 18.8. The normalized spacial score (nSPS) is 12.5. The summed E-state index contributed by atoms with van der Waals surface area (Å²) in [7, 11) is 0. The highest BCUT2D eigenvalue weighted by molar-refractivity contribution is 6.30. The SMILES string of the molecule is N#CC(C(=O)Nc1ccc(F)cc1)C(=O)c1nn(-c2cccc(Cl)c2)c2c1COc1ccccc1-2. The van der Waals surface area contributed by atoms with E-state index in [0.29, 0.717) is 33.3 Å². The highest BCUT2D eigenvalue weighted by Crippen LogP contribution is 2.40. The topological polar surface area (TPSA) is 97.0 Å². The van der Waals surface area contributed by atoms with E-state index in [9.17, 15) is 19.2 Å². The van der Waals surface area contributed by atoms with Gasteiger partial charge in [-0.1, -0.05) is 29.8 Å². The number of amides is 1. The molecule has 1 aromatic heterocycles. The van der Waals surface area contributed by atoms with Crippen molar-refractivity contribution in [1.82, 2.24) is 9.78 Å². The molecule has 1 aliphatic rings. The molecule has 0 bridgehead atoms. The molecule has 9 heteroatoms. The first-order chi connectivity index (χ1) is 17.0. The van der Waals surface area contributed by atoms with Crippen LogP contribution in [-0.2, 0) is 11.4 Å². The largest absolute Gasteiger partial charge is 0.488 e. The summed E-state index contributed by atoms with van der Waals surface area (Å²) in [5.41, 5.74) is 2.61. The number of nitriles is 1. The standard InChI is InChI=1S/C26H16ClFN4O3/c27-15-4-3-5-18(12-15)32-24-19-6-1-2-7-22(19)35-14-21(24)23(31-32)25(33)20(13-29)26(34)30-17-10-8-16(28)9-11-17/h1-12,20H,14H2,(H,30,34). The van der Waals surface area contributed by atoms with E-state index in [1.807, 2.05) is 24.3 Å². The van der Waals surface area contributed by atoms with Gasteiger partial charge in [-0.3, -0.25) is 9.59 Å². The summed E-state index contributed by atoms with van der Waals surface area (Å²) >= 11 is 6.20. The summed E-state index contributed by atoms with van der Waals surface area (Å²) in [5, 5.41) is 17.2. The maximum absolute atomic E-state index is 13.5. The molecule has 7 nitrogen and oxygen atoms in total. The molecule has 3 aromatic carbocycles. The average molecular weight is 487 g/mol. The van der Waals surface area contributed by atoms with Gasteiger partial charge in [0.05, 0.1) is 17.5 Å². The molecule has 2 heterocycles. The fourth-order valence-electron chi connectivity index (χ4n) is 3.92. The third-order valence-corrected chi connectivity index (χ3v) is 5.78. The van der Waals surface area contributed by atoms with Crippen LogP contribution >= 0.6 is 11.6 Å². The maximum Gasteiger partial charge on any atom is 0.249 e. The minimum Gasteiger partial charge on any atom is -0.488 e. The van der Waals surface area contributed by atoms with E-state index in [0.717, 1.165) is 12.1 Å². The number of anilines is 1. The lowest BCUT2D eigenvalue weighted by Gasteiger charge is -2.19. The van der Waals surface area contributed by atoms with E-state index in [1.165, 1.54) is 12.1 Å². The van der Waals surface area contributed by atoms with Crippen molar-refractivity contribution >= 4 is 29.0 Å². The molecule has 1 amide bonds. The van der Waals surface area contributed by atoms with E-state index < -0.39 is 23.4 Å². The molecule has 0 fully saturated rings. The second kappa shape index (κ2) is 9.05. The summed E-state index contributed by atoms with van der Waals surface area (Å²) in [6.45, 7) is 0.0334. The molecular weight excluding hydrogens is 471 g/mol. The Hall–Kier alpha value is -4.48. The van der Waals surface area contributed by atoms with E-state index in [-0.39, 0.29) is 18.0 Å². The van der Waals surface area contributed by atoms with E-state index in [4.69, 9.17) is 16.3 Å². The summed E-state index contributed by atoms with van der Waals surface area (Å²) in [4.78, 5) is 26.3. The number of hydrogen-bond acceptors (Lipinski definition) is 5. The second-order valence-corrected chi connectivity index (χ2v) is 8.21. The summed E-state index contributed by atoms with van der Waals surface area (Å²) in [6.07, 6.45) is 0. The number of ketones is 1. The minimum absolute atomic E-state index is 0.0334. The smallest absolute Gasteiger partial charge is 0.249 e. The molecule has 1 N–H and O–H groups in total. The number of rotatable bonds is 5.